The highest BCUT2D eigenvalue weighted by atomic mass is 28.3. The number of rotatable bonds is 4. The van der Waals surface area contributed by atoms with E-state index in [1.807, 2.05) is 6.92 Å². The summed E-state index contributed by atoms with van der Waals surface area (Å²) in [7, 11) is -1.10. The first-order valence-electron chi connectivity index (χ1n) is 5.30. The smallest absolute Gasteiger partial charge is 0.309 e. The van der Waals surface area contributed by atoms with Gasteiger partial charge in [-0.3, -0.25) is 4.79 Å². The van der Waals surface area contributed by atoms with E-state index in [0.717, 1.165) is 6.42 Å². The van der Waals surface area contributed by atoms with Gasteiger partial charge in [0.2, 0.25) is 0 Å². The highest BCUT2D eigenvalue weighted by Crippen LogP contribution is 2.40. The minimum atomic E-state index is -1.10. The molecule has 80 valence electrons. The fourth-order valence-electron chi connectivity index (χ4n) is 1.36. The van der Waals surface area contributed by atoms with E-state index < -0.39 is 8.07 Å². The van der Waals surface area contributed by atoms with Gasteiger partial charge < -0.3 is 4.74 Å². The van der Waals surface area contributed by atoms with E-state index in [1.54, 1.807) is 0 Å². The number of carbonyl (C=O) groups excluding carboxylic acids is 1. The number of allylic oxidation sites excluding steroid dienone is 1. The van der Waals surface area contributed by atoms with Crippen LogP contribution in [0.15, 0.2) is 11.8 Å². The van der Waals surface area contributed by atoms with Crippen LogP contribution in [0, 0.1) is 11.8 Å². The number of hydrogen-bond acceptors (Lipinski definition) is 2. The second-order valence-electron chi connectivity index (χ2n) is 4.98. The van der Waals surface area contributed by atoms with Crippen molar-refractivity contribution in [3.05, 3.63) is 11.8 Å². The quantitative estimate of drug-likeness (QED) is 0.529. The van der Waals surface area contributed by atoms with Crippen LogP contribution in [-0.4, -0.2) is 20.7 Å². The summed E-state index contributed by atoms with van der Waals surface area (Å²) in [5, 5.41) is 0. The van der Waals surface area contributed by atoms with Crippen molar-refractivity contribution in [2.24, 2.45) is 11.8 Å². The molecule has 0 unspecified atom stereocenters. The van der Waals surface area contributed by atoms with Crippen molar-refractivity contribution in [3.8, 4) is 0 Å². The van der Waals surface area contributed by atoms with E-state index in [9.17, 15) is 4.79 Å². The average molecular weight is 212 g/mol. The van der Waals surface area contributed by atoms with Crippen molar-refractivity contribution >= 4 is 14.0 Å². The molecule has 1 aliphatic carbocycles. The Morgan fingerprint density at radius 3 is 2.64 bits per heavy atom. The lowest BCUT2D eigenvalue weighted by atomic mass is 10.3. The van der Waals surface area contributed by atoms with E-state index in [0.29, 0.717) is 12.5 Å². The molecule has 0 bridgehead atoms. The molecule has 2 nitrogen and oxygen atoms in total. The summed E-state index contributed by atoms with van der Waals surface area (Å²) < 4.78 is 4.97. The van der Waals surface area contributed by atoms with Gasteiger partial charge in [0.05, 0.1) is 20.6 Å². The third kappa shape index (κ3) is 3.66. The fraction of sp³-hybridized carbons (Fsp3) is 0.727. The summed E-state index contributed by atoms with van der Waals surface area (Å²) in [6.45, 7) is 9.24. The minimum absolute atomic E-state index is 0.0160. The molecule has 0 aromatic carbocycles. The van der Waals surface area contributed by atoms with E-state index in [2.05, 4.69) is 31.4 Å². The van der Waals surface area contributed by atoms with Crippen LogP contribution in [0.4, 0.5) is 0 Å². The number of hydrogen-bond donors (Lipinski definition) is 0. The Kier molecular flexibility index (Phi) is 3.53. The van der Waals surface area contributed by atoms with Gasteiger partial charge in [0.1, 0.15) is 0 Å². The Bertz CT molecular complexity index is 240. The SMILES string of the molecule is CCOC(=O)[C@H]1C[C@@H]1/C=C/[Si](C)(C)C. The van der Waals surface area contributed by atoms with Gasteiger partial charge in [-0.1, -0.05) is 31.4 Å². The van der Waals surface area contributed by atoms with Crippen LogP contribution in [-0.2, 0) is 9.53 Å². The molecule has 0 aromatic rings. The highest BCUT2D eigenvalue weighted by molar-refractivity contribution is 6.80. The molecule has 0 amide bonds. The molecule has 0 heterocycles. The molecule has 0 saturated heterocycles. The first-order chi connectivity index (χ1) is 6.44. The lowest BCUT2D eigenvalue weighted by Crippen LogP contribution is -2.15. The first kappa shape index (κ1) is 11.5. The first-order valence-corrected chi connectivity index (χ1v) is 8.88. The van der Waals surface area contributed by atoms with Crippen LogP contribution >= 0.6 is 0 Å². The molecule has 3 heteroatoms. The number of esters is 1. The molecule has 0 aliphatic heterocycles. The topological polar surface area (TPSA) is 26.3 Å². The van der Waals surface area contributed by atoms with Crippen LogP contribution in [0.3, 0.4) is 0 Å². The van der Waals surface area contributed by atoms with E-state index in [-0.39, 0.29) is 11.9 Å². The van der Waals surface area contributed by atoms with Gasteiger partial charge in [0.15, 0.2) is 0 Å². The predicted octanol–water partition coefficient (Wildman–Crippen LogP) is 2.62. The highest BCUT2D eigenvalue weighted by Gasteiger charge is 2.42. The zero-order valence-corrected chi connectivity index (χ0v) is 10.5. The van der Waals surface area contributed by atoms with Gasteiger partial charge in [0.25, 0.3) is 0 Å². The molecule has 14 heavy (non-hydrogen) atoms. The zero-order valence-electron chi connectivity index (χ0n) is 9.54. The van der Waals surface area contributed by atoms with Crippen molar-refractivity contribution < 1.29 is 9.53 Å². The molecule has 0 N–H and O–H groups in total. The van der Waals surface area contributed by atoms with E-state index in [1.165, 1.54) is 0 Å². The summed E-state index contributed by atoms with van der Waals surface area (Å²) in [5.41, 5.74) is 2.32. The molecule has 1 fully saturated rings. The maximum absolute atomic E-state index is 11.3. The van der Waals surface area contributed by atoms with Crippen LogP contribution in [0.5, 0.6) is 0 Å². The Hall–Kier alpha value is -0.573. The standard InChI is InChI=1S/C11H20O2Si/c1-5-13-11(12)10-8-9(10)6-7-14(2,3)4/h6-7,9-10H,5,8H2,1-4H3/b7-6+/t9-,10-/m0/s1. The van der Waals surface area contributed by atoms with Gasteiger partial charge in [0, 0.05) is 0 Å². The van der Waals surface area contributed by atoms with Crippen molar-refractivity contribution in [3.63, 3.8) is 0 Å². The Labute approximate surface area is 87.3 Å². The van der Waals surface area contributed by atoms with Gasteiger partial charge in [-0.2, -0.15) is 0 Å². The largest absolute Gasteiger partial charge is 0.466 e. The third-order valence-corrected chi connectivity index (χ3v) is 3.47. The molecular formula is C11H20O2Si. The second kappa shape index (κ2) is 4.30. The third-order valence-electron chi connectivity index (χ3n) is 2.27. The fourth-order valence-corrected chi connectivity index (χ4v) is 2.18. The Morgan fingerprint density at radius 2 is 2.14 bits per heavy atom. The summed E-state index contributed by atoms with van der Waals surface area (Å²) in [4.78, 5) is 11.3. The summed E-state index contributed by atoms with van der Waals surface area (Å²) in [6, 6.07) is 0. The van der Waals surface area contributed by atoms with Gasteiger partial charge in [-0.25, -0.2) is 0 Å². The van der Waals surface area contributed by atoms with Crippen molar-refractivity contribution in [2.75, 3.05) is 6.61 Å². The number of ether oxygens (including phenoxy) is 1. The van der Waals surface area contributed by atoms with E-state index >= 15 is 0 Å². The molecule has 0 aromatic heterocycles. The zero-order chi connectivity index (χ0) is 10.8. The number of carbonyl (C=O) groups is 1. The van der Waals surface area contributed by atoms with Crippen LogP contribution in [0.2, 0.25) is 19.6 Å². The molecule has 1 rings (SSSR count). The average Bonchev–Trinajstić information content (AvgIpc) is 2.78. The van der Waals surface area contributed by atoms with Crippen molar-refractivity contribution in [2.45, 2.75) is 33.0 Å². The van der Waals surface area contributed by atoms with Gasteiger partial charge in [-0.05, 0) is 19.3 Å². The van der Waals surface area contributed by atoms with E-state index in [4.69, 9.17) is 4.74 Å². The maximum atomic E-state index is 11.3. The molecule has 1 aliphatic rings. The summed E-state index contributed by atoms with van der Waals surface area (Å²) in [6.07, 6.45) is 3.20. The van der Waals surface area contributed by atoms with Gasteiger partial charge >= 0.3 is 5.97 Å². The van der Waals surface area contributed by atoms with Crippen LogP contribution < -0.4 is 0 Å². The molecule has 0 spiro atoms. The molecule has 2 atom stereocenters. The lowest BCUT2D eigenvalue weighted by molar-refractivity contribution is -0.144. The second-order valence-corrected chi connectivity index (χ2v) is 10.0. The Balaban J connectivity index is 2.33. The maximum Gasteiger partial charge on any atom is 0.309 e. The van der Waals surface area contributed by atoms with Gasteiger partial charge in [-0.15, -0.1) is 0 Å². The predicted molar refractivity (Wildman–Crippen MR) is 60.7 cm³/mol. The van der Waals surface area contributed by atoms with Crippen LogP contribution in [0.25, 0.3) is 0 Å². The Morgan fingerprint density at radius 1 is 1.50 bits per heavy atom. The minimum Gasteiger partial charge on any atom is -0.466 e. The molecule has 1 saturated carbocycles. The normalized spacial score (nSPS) is 26.6. The monoisotopic (exact) mass is 212 g/mol. The van der Waals surface area contributed by atoms with Crippen molar-refractivity contribution in [1.82, 2.24) is 0 Å². The van der Waals surface area contributed by atoms with Crippen LogP contribution in [0.1, 0.15) is 13.3 Å². The summed E-state index contributed by atoms with van der Waals surface area (Å²) in [5.74, 6) is 0.598. The molecular weight excluding hydrogens is 192 g/mol. The summed E-state index contributed by atoms with van der Waals surface area (Å²) >= 11 is 0. The van der Waals surface area contributed by atoms with Crippen molar-refractivity contribution in [1.29, 1.82) is 0 Å². The lowest BCUT2D eigenvalue weighted by Gasteiger charge is -2.07. The molecule has 0 radical (unpaired) electrons.